The van der Waals surface area contributed by atoms with Gasteiger partial charge in [0, 0.05) is 31.1 Å². The van der Waals surface area contributed by atoms with Gasteiger partial charge in [-0.1, -0.05) is 66.7 Å². The second kappa shape index (κ2) is 9.22. The lowest BCUT2D eigenvalue weighted by atomic mass is 9.96. The zero-order valence-corrected chi connectivity index (χ0v) is 18.7. The number of nitrogens with zero attached hydrogens (tertiary/aromatic N) is 3. The standard InChI is InChI=1S/C25H23N3OS2/c29-24-22(18-21-12-7-17-30-21)31-25(26-24)28-15-13-27(14-16-28)23(19-8-3-1-4-9-19)20-10-5-2-6-11-20/h1-12,17-18,23H,13-16H2/b22-18+. The van der Waals surface area contributed by atoms with Crippen LogP contribution in [0, 0.1) is 0 Å². The SMILES string of the molecule is O=C1N=C(N2CCN(C(c3ccccc3)c3ccccc3)CC2)S/C1=C/c1cccs1. The van der Waals surface area contributed by atoms with Crippen LogP contribution in [0.5, 0.6) is 0 Å². The summed E-state index contributed by atoms with van der Waals surface area (Å²) in [7, 11) is 0. The summed E-state index contributed by atoms with van der Waals surface area (Å²) in [4.78, 5) is 23.3. The molecule has 2 aliphatic rings. The minimum atomic E-state index is -0.123. The summed E-state index contributed by atoms with van der Waals surface area (Å²) in [6, 6.07) is 25.7. The van der Waals surface area contributed by atoms with E-state index in [-0.39, 0.29) is 11.9 Å². The molecule has 1 amide bonds. The van der Waals surface area contributed by atoms with E-state index in [1.54, 1.807) is 11.3 Å². The third-order valence-electron chi connectivity index (χ3n) is 5.61. The third kappa shape index (κ3) is 4.51. The van der Waals surface area contributed by atoms with Crippen LogP contribution < -0.4 is 0 Å². The minimum Gasteiger partial charge on any atom is -0.348 e. The molecule has 1 aromatic heterocycles. The molecule has 2 aliphatic heterocycles. The normalized spacial score (nSPS) is 18.7. The van der Waals surface area contributed by atoms with Gasteiger partial charge in [0.15, 0.2) is 5.17 Å². The number of benzene rings is 2. The Morgan fingerprint density at radius 1 is 0.839 bits per heavy atom. The Balaban J connectivity index is 1.29. The van der Waals surface area contributed by atoms with Crippen molar-refractivity contribution >= 4 is 40.2 Å². The van der Waals surface area contributed by atoms with Crippen LogP contribution >= 0.6 is 23.1 Å². The van der Waals surface area contributed by atoms with Gasteiger partial charge in [-0.3, -0.25) is 9.69 Å². The number of hydrogen-bond donors (Lipinski definition) is 0. The van der Waals surface area contributed by atoms with Crippen LogP contribution in [0.3, 0.4) is 0 Å². The van der Waals surface area contributed by atoms with Crippen molar-refractivity contribution in [3.8, 4) is 0 Å². The molecule has 0 aliphatic carbocycles. The summed E-state index contributed by atoms with van der Waals surface area (Å²) >= 11 is 3.14. The molecule has 31 heavy (non-hydrogen) atoms. The Hall–Kier alpha value is -2.67. The second-order valence-corrected chi connectivity index (χ2v) is 9.56. The Kier molecular flexibility index (Phi) is 6.02. The van der Waals surface area contributed by atoms with Gasteiger partial charge in [0.2, 0.25) is 0 Å². The van der Waals surface area contributed by atoms with E-state index in [0.717, 1.165) is 36.2 Å². The van der Waals surface area contributed by atoms with E-state index < -0.39 is 0 Å². The molecular formula is C25H23N3OS2. The Labute approximate surface area is 190 Å². The highest BCUT2D eigenvalue weighted by Gasteiger charge is 2.31. The first-order valence-corrected chi connectivity index (χ1v) is 12.1. The molecule has 0 N–H and O–H groups in total. The number of thioether (sulfide) groups is 1. The maximum absolute atomic E-state index is 12.4. The van der Waals surface area contributed by atoms with Crippen molar-refractivity contribution in [1.82, 2.24) is 9.80 Å². The fourth-order valence-corrected chi connectivity index (χ4v) is 5.78. The number of aliphatic imine (C=N–C) groups is 1. The number of rotatable bonds is 4. The van der Waals surface area contributed by atoms with Gasteiger partial charge in [-0.2, -0.15) is 4.99 Å². The van der Waals surface area contributed by atoms with Gasteiger partial charge in [0.25, 0.3) is 5.91 Å². The Morgan fingerprint density at radius 3 is 2.06 bits per heavy atom. The van der Waals surface area contributed by atoms with E-state index in [9.17, 15) is 4.79 Å². The van der Waals surface area contributed by atoms with Crippen LogP contribution in [0.2, 0.25) is 0 Å². The van der Waals surface area contributed by atoms with Crippen LogP contribution in [0.15, 0.2) is 88.1 Å². The molecule has 0 bridgehead atoms. The van der Waals surface area contributed by atoms with Gasteiger partial charge in [0.1, 0.15) is 0 Å². The van der Waals surface area contributed by atoms with Gasteiger partial charge >= 0.3 is 0 Å². The molecule has 0 saturated carbocycles. The van der Waals surface area contributed by atoms with Gasteiger partial charge in [-0.05, 0) is 40.4 Å². The molecule has 3 aromatic rings. The molecule has 0 radical (unpaired) electrons. The molecular weight excluding hydrogens is 422 g/mol. The van der Waals surface area contributed by atoms with Crippen LogP contribution in [0.25, 0.3) is 6.08 Å². The largest absolute Gasteiger partial charge is 0.348 e. The van der Waals surface area contributed by atoms with E-state index in [4.69, 9.17) is 0 Å². The van der Waals surface area contributed by atoms with E-state index in [2.05, 4.69) is 75.5 Å². The molecule has 0 atom stereocenters. The number of thiophene rings is 1. The van der Waals surface area contributed by atoms with Crippen molar-refractivity contribution in [2.75, 3.05) is 26.2 Å². The van der Waals surface area contributed by atoms with Crippen molar-refractivity contribution in [3.63, 3.8) is 0 Å². The number of amidine groups is 1. The fraction of sp³-hybridized carbons (Fsp3) is 0.200. The molecule has 4 nitrogen and oxygen atoms in total. The molecule has 6 heteroatoms. The minimum absolute atomic E-state index is 0.123. The Morgan fingerprint density at radius 2 is 1.48 bits per heavy atom. The first-order valence-electron chi connectivity index (χ1n) is 10.4. The average Bonchev–Trinajstić information content (AvgIpc) is 3.46. The number of hydrogen-bond acceptors (Lipinski definition) is 5. The molecule has 0 unspecified atom stereocenters. The first kappa shape index (κ1) is 20.2. The van der Waals surface area contributed by atoms with Crippen molar-refractivity contribution in [1.29, 1.82) is 0 Å². The van der Waals surface area contributed by atoms with Crippen LogP contribution in [-0.4, -0.2) is 47.1 Å². The Bertz CT molecular complexity index is 1050. The monoisotopic (exact) mass is 445 g/mol. The predicted molar refractivity (Wildman–Crippen MR) is 130 cm³/mol. The topological polar surface area (TPSA) is 35.9 Å². The molecule has 1 saturated heterocycles. The average molecular weight is 446 g/mol. The molecule has 3 heterocycles. The molecule has 5 rings (SSSR count). The summed E-state index contributed by atoms with van der Waals surface area (Å²) < 4.78 is 0. The second-order valence-electron chi connectivity index (χ2n) is 7.57. The van der Waals surface area contributed by atoms with Crippen molar-refractivity contribution in [2.24, 2.45) is 4.99 Å². The molecule has 0 spiro atoms. The van der Waals surface area contributed by atoms with Crippen molar-refractivity contribution < 1.29 is 4.79 Å². The number of carbonyl (C=O) groups excluding carboxylic acids is 1. The number of piperazine rings is 1. The maximum atomic E-state index is 12.4. The van der Waals surface area contributed by atoms with E-state index in [0.29, 0.717) is 4.91 Å². The molecule has 156 valence electrons. The summed E-state index contributed by atoms with van der Waals surface area (Å²) in [5, 5.41) is 2.86. The zero-order chi connectivity index (χ0) is 21.0. The van der Waals surface area contributed by atoms with E-state index in [1.807, 2.05) is 23.6 Å². The lowest BCUT2D eigenvalue weighted by Gasteiger charge is -2.40. The summed E-state index contributed by atoms with van der Waals surface area (Å²) in [6.07, 6.45) is 1.95. The number of carbonyl (C=O) groups is 1. The van der Waals surface area contributed by atoms with Crippen molar-refractivity contribution in [2.45, 2.75) is 6.04 Å². The van der Waals surface area contributed by atoms with E-state index >= 15 is 0 Å². The lowest BCUT2D eigenvalue weighted by molar-refractivity contribution is -0.113. The summed E-state index contributed by atoms with van der Waals surface area (Å²) in [5.41, 5.74) is 2.62. The maximum Gasteiger partial charge on any atom is 0.286 e. The van der Waals surface area contributed by atoms with Gasteiger partial charge in [0.05, 0.1) is 10.9 Å². The van der Waals surface area contributed by atoms with Crippen LogP contribution in [0.1, 0.15) is 22.0 Å². The highest BCUT2D eigenvalue weighted by Crippen LogP contribution is 2.33. The van der Waals surface area contributed by atoms with Crippen molar-refractivity contribution in [3.05, 3.63) is 99.1 Å². The quantitative estimate of drug-likeness (QED) is 0.522. The number of amides is 1. The zero-order valence-electron chi connectivity index (χ0n) is 17.1. The van der Waals surface area contributed by atoms with Crippen LogP contribution in [-0.2, 0) is 4.79 Å². The van der Waals surface area contributed by atoms with Gasteiger partial charge < -0.3 is 4.90 Å². The molecule has 1 fully saturated rings. The molecule has 2 aromatic carbocycles. The highest BCUT2D eigenvalue weighted by molar-refractivity contribution is 8.18. The fourth-order valence-electron chi connectivity index (χ4n) is 4.09. The lowest BCUT2D eigenvalue weighted by Crippen LogP contribution is -2.49. The van der Waals surface area contributed by atoms with Crippen LogP contribution in [0.4, 0.5) is 0 Å². The van der Waals surface area contributed by atoms with Gasteiger partial charge in [-0.15, -0.1) is 11.3 Å². The predicted octanol–water partition coefficient (Wildman–Crippen LogP) is 5.13. The smallest absolute Gasteiger partial charge is 0.286 e. The van der Waals surface area contributed by atoms with E-state index in [1.165, 1.54) is 22.9 Å². The highest BCUT2D eigenvalue weighted by atomic mass is 32.2. The summed E-state index contributed by atoms with van der Waals surface area (Å²) in [6.45, 7) is 3.57. The summed E-state index contributed by atoms with van der Waals surface area (Å²) in [5.74, 6) is -0.123. The van der Waals surface area contributed by atoms with Gasteiger partial charge in [-0.25, -0.2) is 0 Å². The third-order valence-corrected chi connectivity index (χ3v) is 7.47. The first-order chi connectivity index (χ1) is 15.3.